The molecular formula is C27H31N5O3. The highest BCUT2D eigenvalue weighted by Crippen LogP contribution is 2.35. The van der Waals surface area contributed by atoms with Crippen LogP contribution in [-0.4, -0.2) is 41.4 Å². The summed E-state index contributed by atoms with van der Waals surface area (Å²) in [6.07, 6.45) is 7.41. The van der Waals surface area contributed by atoms with E-state index in [1.165, 1.54) is 18.2 Å². The number of aromatic nitrogens is 2. The molecular weight excluding hydrogens is 442 g/mol. The zero-order valence-corrected chi connectivity index (χ0v) is 20.3. The fourth-order valence-corrected chi connectivity index (χ4v) is 4.65. The molecule has 1 aliphatic heterocycles. The quantitative estimate of drug-likeness (QED) is 0.373. The van der Waals surface area contributed by atoms with Crippen LogP contribution in [0.4, 0.5) is 11.8 Å². The van der Waals surface area contributed by atoms with E-state index >= 15 is 0 Å². The molecule has 2 aromatic carbocycles. The van der Waals surface area contributed by atoms with E-state index in [9.17, 15) is 4.79 Å². The maximum atomic E-state index is 13.4. The van der Waals surface area contributed by atoms with Gasteiger partial charge in [-0.15, -0.1) is 0 Å². The Bertz CT molecular complexity index is 1260. The highest BCUT2D eigenvalue weighted by Gasteiger charge is 2.24. The van der Waals surface area contributed by atoms with Crippen LogP contribution in [0.1, 0.15) is 52.0 Å². The number of carbonyl (C=O) groups excluding carboxylic acids is 1. The van der Waals surface area contributed by atoms with E-state index in [4.69, 9.17) is 20.9 Å². The second-order valence-corrected chi connectivity index (χ2v) is 8.49. The molecule has 8 heteroatoms. The summed E-state index contributed by atoms with van der Waals surface area (Å²) in [5.74, 6) is 1.11. The first-order chi connectivity index (χ1) is 16.9. The van der Waals surface area contributed by atoms with Crippen LogP contribution in [0.3, 0.4) is 0 Å². The van der Waals surface area contributed by atoms with Crippen molar-refractivity contribution in [3.63, 3.8) is 0 Å². The molecule has 0 radical (unpaired) electrons. The molecule has 1 aliphatic rings. The van der Waals surface area contributed by atoms with Gasteiger partial charge in [-0.1, -0.05) is 31.2 Å². The first-order valence-electron chi connectivity index (χ1n) is 11.6. The van der Waals surface area contributed by atoms with Crippen molar-refractivity contribution in [2.24, 2.45) is 0 Å². The monoisotopic (exact) mass is 473 g/mol. The number of benzene rings is 2. The summed E-state index contributed by atoms with van der Waals surface area (Å²) < 4.78 is 11.1. The van der Waals surface area contributed by atoms with Crippen LogP contribution >= 0.6 is 0 Å². The van der Waals surface area contributed by atoms with Gasteiger partial charge in [0.2, 0.25) is 5.95 Å². The van der Waals surface area contributed by atoms with Gasteiger partial charge < -0.3 is 25.8 Å². The second kappa shape index (κ2) is 10.5. The topological polar surface area (TPSA) is 117 Å². The fourth-order valence-electron chi connectivity index (χ4n) is 4.65. The van der Waals surface area contributed by atoms with Gasteiger partial charge in [-0.25, -0.2) is 4.98 Å². The van der Waals surface area contributed by atoms with Gasteiger partial charge in [-0.2, -0.15) is 4.98 Å². The van der Waals surface area contributed by atoms with Crippen molar-refractivity contribution in [2.45, 2.75) is 32.2 Å². The number of nitrogens with zero attached hydrogens (tertiary/aromatic N) is 3. The number of ketones is 1. The minimum Gasteiger partial charge on any atom is -0.493 e. The predicted octanol–water partition coefficient (Wildman–Crippen LogP) is 3.95. The molecule has 2 heterocycles. The standard InChI is InChI=1S/C27H31N5O3/c1-4-22-20-8-6-5-7-18(20)9-11-32(22)12-10-23(33)21-14-17(15-24(34-2)25(21)35-3)13-19-16-30-27(29)31-26(19)28/h5-8,10,12,14-16,22H,4,9,11,13H2,1-3H3,(H4,28,29,30,31). The Morgan fingerprint density at radius 2 is 2.00 bits per heavy atom. The summed E-state index contributed by atoms with van der Waals surface area (Å²) in [5, 5.41) is 0. The van der Waals surface area contributed by atoms with Crippen molar-refractivity contribution in [3.05, 3.63) is 82.7 Å². The zero-order valence-electron chi connectivity index (χ0n) is 20.3. The van der Waals surface area contributed by atoms with Gasteiger partial charge >= 0.3 is 0 Å². The molecule has 1 atom stereocenters. The van der Waals surface area contributed by atoms with E-state index in [0.717, 1.165) is 24.9 Å². The van der Waals surface area contributed by atoms with Gasteiger partial charge in [-0.3, -0.25) is 4.79 Å². The van der Waals surface area contributed by atoms with Crippen molar-refractivity contribution in [3.8, 4) is 11.5 Å². The molecule has 1 unspecified atom stereocenters. The van der Waals surface area contributed by atoms with E-state index in [1.807, 2.05) is 12.3 Å². The third-order valence-corrected chi connectivity index (χ3v) is 6.37. The molecule has 182 valence electrons. The summed E-state index contributed by atoms with van der Waals surface area (Å²) in [5.41, 5.74) is 16.3. The van der Waals surface area contributed by atoms with Gasteiger partial charge in [0, 0.05) is 37.0 Å². The smallest absolute Gasteiger partial charge is 0.221 e. The Morgan fingerprint density at radius 3 is 2.71 bits per heavy atom. The number of hydrogen-bond donors (Lipinski definition) is 2. The number of fused-ring (bicyclic) bond motifs is 1. The Hall–Kier alpha value is -4.07. The number of rotatable bonds is 8. The lowest BCUT2D eigenvalue weighted by Gasteiger charge is -2.36. The summed E-state index contributed by atoms with van der Waals surface area (Å²) in [7, 11) is 3.07. The van der Waals surface area contributed by atoms with Crippen LogP contribution < -0.4 is 20.9 Å². The SMILES string of the molecule is CCC1c2ccccc2CCN1C=CC(=O)c1cc(Cc2cnc(N)nc2N)cc(OC)c1OC. The molecule has 0 amide bonds. The molecule has 0 saturated heterocycles. The average molecular weight is 474 g/mol. The maximum absolute atomic E-state index is 13.4. The fraction of sp³-hybridized carbons (Fsp3) is 0.296. The third-order valence-electron chi connectivity index (χ3n) is 6.37. The van der Waals surface area contributed by atoms with Gasteiger partial charge in [0.05, 0.1) is 25.8 Å². The summed E-state index contributed by atoms with van der Waals surface area (Å²) in [4.78, 5) is 23.7. The van der Waals surface area contributed by atoms with Crippen molar-refractivity contribution in [2.75, 3.05) is 32.2 Å². The van der Waals surface area contributed by atoms with Gasteiger partial charge in [0.15, 0.2) is 17.3 Å². The van der Waals surface area contributed by atoms with Crippen LogP contribution in [0.25, 0.3) is 0 Å². The molecule has 0 spiro atoms. The lowest BCUT2D eigenvalue weighted by atomic mass is 9.91. The van der Waals surface area contributed by atoms with Gasteiger partial charge in [0.1, 0.15) is 5.82 Å². The first kappa shape index (κ1) is 24.1. The lowest BCUT2D eigenvalue weighted by Crippen LogP contribution is -2.31. The van der Waals surface area contributed by atoms with Crippen molar-refractivity contribution in [1.82, 2.24) is 14.9 Å². The second-order valence-electron chi connectivity index (χ2n) is 8.49. The van der Waals surface area contributed by atoms with E-state index in [1.54, 1.807) is 25.4 Å². The van der Waals surface area contributed by atoms with Crippen LogP contribution in [-0.2, 0) is 12.8 Å². The molecule has 35 heavy (non-hydrogen) atoms. The van der Waals surface area contributed by atoms with Crippen LogP contribution in [0.5, 0.6) is 11.5 Å². The van der Waals surface area contributed by atoms with E-state index in [0.29, 0.717) is 34.9 Å². The molecule has 0 aliphatic carbocycles. The molecule has 0 bridgehead atoms. The van der Waals surface area contributed by atoms with E-state index < -0.39 is 0 Å². The number of anilines is 2. The van der Waals surface area contributed by atoms with Gasteiger partial charge in [-0.05, 0) is 41.7 Å². The van der Waals surface area contributed by atoms with Crippen molar-refractivity contribution in [1.29, 1.82) is 0 Å². The molecule has 4 N–H and O–H groups in total. The Kier molecular flexibility index (Phi) is 7.19. The van der Waals surface area contributed by atoms with Crippen LogP contribution in [0.15, 0.2) is 54.9 Å². The number of nitrogen functional groups attached to an aromatic ring is 2. The lowest BCUT2D eigenvalue weighted by molar-refractivity contribution is 0.104. The summed E-state index contributed by atoms with van der Waals surface area (Å²) in [6.45, 7) is 3.02. The highest BCUT2D eigenvalue weighted by molar-refractivity contribution is 6.07. The van der Waals surface area contributed by atoms with Crippen LogP contribution in [0, 0.1) is 0 Å². The number of hydrogen-bond acceptors (Lipinski definition) is 8. The maximum Gasteiger partial charge on any atom is 0.221 e. The van der Waals surface area contributed by atoms with Crippen LogP contribution in [0.2, 0.25) is 0 Å². The number of ether oxygens (including phenoxy) is 2. The molecule has 1 aromatic heterocycles. The van der Waals surface area contributed by atoms with Gasteiger partial charge in [0.25, 0.3) is 0 Å². The minimum absolute atomic E-state index is 0.116. The largest absolute Gasteiger partial charge is 0.493 e. The molecule has 0 fully saturated rings. The first-order valence-corrected chi connectivity index (χ1v) is 11.6. The Balaban J connectivity index is 1.63. The van der Waals surface area contributed by atoms with Crippen molar-refractivity contribution >= 4 is 17.5 Å². The normalized spacial score (nSPS) is 15.2. The molecule has 4 rings (SSSR count). The number of nitrogens with two attached hydrogens (primary N) is 2. The number of methoxy groups -OCH3 is 2. The van der Waals surface area contributed by atoms with Crippen molar-refractivity contribution < 1.29 is 14.3 Å². The van der Waals surface area contributed by atoms with E-state index in [2.05, 4.69) is 46.1 Å². The Morgan fingerprint density at radius 1 is 1.20 bits per heavy atom. The number of carbonyl (C=O) groups is 1. The molecule has 8 nitrogen and oxygen atoms in total. The summed E-state index contributed by atoms with van der Waals surface area (Å²) in [6, 6.07) is 12.4. The molecule has 3 aromatic rings. The third kappa shape index (κ3) is 5.06. The Labute approximate surface area is 205 Å². The molecule has 0 saturated carbocycles. The summed E-state index contributed by atoms with van der Waals surface area (Å²) >= 11 is 0. The predicted molar refractivity (Wildman–Crippen MR) is 137 cm³/mol. The average Bonchev–Trinajstić information content (AvgIpc) is 2.87. The minimum atomic E-state index is -0.169. The zero-order chi connectivity index (χ0) is 24.9. The highest BCUT2D eigenvalue weighted by atomic mass is 16.5. The number of allylic oxidation sites excluding steroid dienone is 1. The van der Waals surface area contributed by atoms with E-state index in [-0.39, 0.29) is 17.8 Å².